The van der Waals surface area contributed by atoms with Gasteiger partial charge in [0.25, 0.3) is 5.91 Å². The van der Waals surface area contributed by atoms with Gasteiger partial charge in [-0.05, 0) is 30.3 Å². The first kappa shape index (κ1) is 25.7. The molecule has 0 atom stereocenters. The van der Waals surface area contributed by atoms with E-state index in [1.807, 2.05) is 18.2 Å². The van der Waals surface area contributed by atoms with Crippen LogP contribution in [-0.4, -0.2) is 74.4 Å². The quantitative estimate of drug-likeness (QED) is 0.395. The number of rotatable bonds is 13. The van der Waals surface area contributed by atoms with Crippen LogP contribution < -0.4 is 14.8 Å². The third-order valence-corrected chi connectivity index (χ3v) is 5.29. The molecule has 2 aromatic heterocycles. The molecule has 0 bridgehead atoms. The minimum atomic E-state index is -0.361. The minimum Gasteiger partial charge on any atom is -0.497 e. The maximum absolute atomic E-state index is 13.1. The van der Waals surface area contributed by atoms with Crippen molar-refractivity contribution in [1.29, 1.82) is 0 Å². The zero-order chi connectivity index (χ0) is 25.0. The first-order valence-corrected chi connectivity index (χ1v) is 11.2. The summed E-state index contributed by atoms with van der Waals surface area (Å²) >= 11 is 0. The normalized spacial score (nSPS) is 10.6. The van der Waals surface area contributed by atoms with Crippen LogP contribution in [0.15, 0.2) is 53.2 Å². The Hall–Kier alpha value is -3.92. The van der Waals surface area contributed by atoms with Crippen LogP contribution in [0.1, 0.15) is 22.6 Å². The molecule has 2 amide bonds. The fraction of sp³-hybridized carbons (Fsp3) is 0.360. The van der Waals surface area contributed by atoms with Crippen molar-refractivity contribution in [3.05, 3.63) is 60.0 Å². The summed E-state index contributed by atoms with van der Waals surface area (Å²) in [7, 11) is 4.65. The predicted octanol–water partition coefficient (Wildman–Crippen LogP) is 2.59. The van der Waals surface area contributed by atoms with E-state index < -0.39 is 0 Å². The summed E-state index contributed by atoms with van der Waals surface area (Å²) < 4.78 is 21.2. The van der Waals surface area contributed by atoms with Crippen LogP contribution in [0.25, 0.3) is 11.3 Å². The van der Waals surface area contributed by atoms with E-state index in [4.69, 9.17) is 18.7 Å². The van der Waals surface area contributed by atoms with Gasteiger partial charge in [0, 0.05) is 57.5 Å². The Labute approximate surface area is 204 Å². The Bertz CT molecular complexity index is 1100. The van der Waals surface area contributed by atoms with Gasteiger partial charge in [0.2, 0.25) is 5.91 Å². The highest BCUT2D eigenvalue weighted by atomic mass is 16.5. The van der Waals surface area contributed by atoms with Crippen LogP contribution >= 0.6 is 0 Å². The molecule has 0 aliphatic rings. The number of methoxy groups -OCH3 is 3. The van der Waals surface area contributed by atoms with Crippen LogP contribution in [-0.2, 0) is 16.0 Å². The van der Waals surface area contributed by atoms with E-state index in [1.54, 1.807) is 51.8 Å². The molecule has 2 heterocycles. The first-order chi connectivity index (χ1) is 17.0. The van der Waals surface area contributed by atoms with Gasteiger partial charge in [-0.25, -0.2) is 0 Å². The number of ether oxygens (including phenoxy) is 3. The van der Waals surface area contributed by atoms with Gasteiger partial charge in [0.15, 0.2) is 11.5 Å². The number of hydrogen-bond acceptors (Lipinski definition) is 8. The van der Waals surface area contributed by atoms with E-state index in [0.29, 0.717) is 48.9 Å². The minimum absolute atomic E-state index is 0.122. The topological polar surface area (TPSA) is 116 Å². The van der Waals surface area contributed by atoms with Crippen molar-refractivity contribution in [2.45, 2.75) is 12.8 Å². The number of nitrogens with zero attached hydrogens (tertiary/aromatic N) is 3. The monoisotopic (exact) mass is 482 g/mol. The molecule has 0 unspecified atom stereocenters. The summed E-state index contributed by atoms with van der Waals surface area (Å²) in [5.74, 6) is 1.02. The molecule has 0 aliphatic heterocycles. The van der Waals surface area contributed by atoms with Crippen molar-refractivity contribution in [1.82, 2.24) is 20.4 Å². The number of benzene rings is 1. The van der Waals surface area contributed by atoms with E-state index in [2.05, 4.69) is 15.5 Å². The van der Waals surface area contributed by atoms with Crippen LogP contribution in [0.5, 0.6) is 11.5 Å². The number of nitrogens with one attached hydrogen (secondary N) is 1. The molecule has 0 radical (unpaired) electrons. The van der Waals surface area contributed by atoms with Crippen LogP contribution in [0.2, 0.25) is 0 Å². The Kier molecular flexibility index (Phi) is 9.61. The van der Waals surface area contributed by atoms with Crippen LogP contribution in [0, 0.1) is 0 Å². The van der Waals surface area contributed by atoms with Crippen LogP contribution in [0.3, 0.4) is 0 Å². The third-order valence-electron chi connectivity index (χ3n) is 5.29. The smallest absolute Gasteiger partial charge is 0.276 e. The Morgan fingerprint density at radius 3 is 2.63 bits per heavy atom. The summed E-state index contributed by atoms with van der Waals surface area (Å²) in [6, 6.07) is 12.5. The molecule has 1 aromatic carbocycles. The molecular weight excluding hydrogens is 452 g/mol. The Morgan fingerprint density at radius 1 is 1.06 bits per heavy atom. The second-order valence-electron chi connectivity index (χ2n) is 7.60. The Morgan fingerprint density at radius 2 is 1.91 bits per heavy atom. The fourth-order valence-corrected chi connectivity index (χ4v) is 3.39. The molecule has 0 fully saturated rings. The lowest BCUT2D eigenvalue weighted by Crippen LogP contribution is -2.37. The number of amides is 2. The summed E-state index contributed by atoms with van der Waals surface area (Å²) in [6.45, 7) is 1.31. The van der Waals surface area contributed by atoms with E-state index in [9.17, 15) is 9.59 Å². The summed E-state index contributed by atoms with van der Waals surface area (Å²) in [4.78, 5) is 31.2. The molecule has 0 aliphatic carbocycles. The highest BCUT2D eigenvalue weighted by molar-refractivity contribution is 5.93. The number of hydrogen-bond donors (Lipinski definition) is 1. The fourth-order valence-electron chi connectivity index (χ4n) is 3.39. The lowest BCUT2D eigenvalue weighted by atomic mass is 10.1. The van der Waals surface area contributed by atoms with E-state index >= 15 is 0 Å². The van der Waals surface area contributed by atoms with Crippen molar-refractivity contribution in [3.63, 3.8) is 0 Å². The van der Waals surface area contributed by atoms with Crippen molar-refractivity contribution in [3.8, 4) is 22.8 Å². The van der Waals surface area contributed by atoms with Gasteiger partial charge in [0.1, 0.15) is 11.5 Å². The predicted molar refractivity (Wildman–Crippen MR) is 128 cm³/mol. The number of carbonyl (C=O) groups is 2. The maximum atomic E-state index is 13.1. The van der Waals surface area contributed by atoms with Crippen molar-refractivity contribution < 1.29 is 28.3 Å². The van der Waals surface area contributed by atoms with E-state index in [1.165, 1.54) is 4.90 Å². The van der Waals surface area contributed by atoms with Crippen LogP contribution in [0.4, 0.5) is 0 Å². The van der Waals surface area contributed by atoms with Crippen molar-refractivity contribution >= 4 is 11.8 Å². The van der Waals surface area contributed by atoms with Crippen molar-refractivity contribution in [2.24, 2.45) is 0 Å². The molecule has 0 spiro atoms. The lowest BCUT2D eigenvalue weighted by molar-refractivity contribution is -0.121. The number of carbonyl (C=O) groups excluding carboxylic acids is 2. The SMILES string of the molecule is COCCN(CCC(=O)NCCc1ccccn1)C(=O)c1cc(-c2cc(OC)ccc2OC)on1. The van der Waals surface area contributed by atoms with Gasteiger partial charge in [-0.15, -0.1) is 0 Å². The number of pyridine rings is 1. The molecule has 10 nitrogen and oxygen atoms in total. The molecule has 10 heteroatoms. The molecule has 3 rings (SSSR count). The molecule has 35 heavy (non-hydrogen) atoms. The molecule has 1 N–H and O–H groups in total. The zero-order valence-electron chi connectivity index (χ0n) is 20.2. The molecule has 3 aromatic rings. The molecular formula is C25H30N4O6. The van der Waals surface area contributed by atoms with Gasteiger partial charge in [-0.2, -0.15) is 0 Å². The molecule has 0 saturated heterocycles. The lowest BCUT2D eigenvalue weighted by Gasteiger charge is -2.21. The molecule has 186 valence electrons. The summed E-state index contributed by atoms with van der Waals surface area (Å²) in [5, 5.41) is 6.81. The first-order valence-electron chi connectivity index (χ1n) is 11.2. The molecule has 0 saturated carbocycles. The van der Waals surface area contributed by atoms with E-state index in [0.717, 1.165) is 5.69 Å². The average Bonchev–Trinajstić information content (AvgIpc) is 3.39. The van der Waals surface area contributed by atoms with Gasteiger partial charge < -0.3 is 29.0 Å². The second kappa shape index (κ2) is 13.1. The van der Waals surface area contributed by atoms with Gasteiger partial charge in [-0.3, -0.25) is 14.6 Å². The van der Waals surface area contributed by atoms with Crippen molar-refractivity contribution in [2.75, 3.05) is 47.6 Å². The maximum Gasteiger partial charge on any atom is 0.276 e. The Balaban J connectivity index is 1.62. The highest BCUT2D eigenvalue weighted by Crippen LogP contribution is 2.33. The van der Waals surface area contributed by atoms with E-state index in [-0.39, 0.29) is 30.5 Å². The average molecular weight is 483 g/mol. The van der Waals surface area contributed by atoms with Gasteiger partial charge in [-0.1, -0.05) is 11.2 Å². The summed E-state index contributed by atoms with van der Waals surface area (Å²) in [6.07, 6.45) is 2.50. The zero-order valence-corrected chi connectivity index (χ0v) is 20.2. The van der Waals surface area contributed by atoms with Gasteiger partial charge >= 0.3 is 0 Å². The summed E-state index contributed by atoms with van der Waals surface area (Å²) in [5.41, 5.74) is 1.63. The second-order valence-corrected chi connectivity index (χ2v) is 7.60. The largest absolute Gasteiger partial charge is 0.497 e. The van der Waals surface area contributed by atoms with Gasteiger partial charge in [0.05, 0.1) is 26.4 Å². The number of aromatic nitrogens is 2. The highest BCUT2D eigenvalue weighted by Gasteiger charge is 2.22. The standard InChI is InChI=1S/C25H30N4O6/c1-32-15-14-29(13-10-24(30)27-12-9-18-6-4-5-11-26-18)25(31)21-17-23(35-28-21)20-16-19(33-2)7-8-22(20)34-3/h4-8,11,16-17H,9-10,12-15H2,1-3H3,(H,27,30). The third kappa shape index (κ3) is 7.28.